The summed E-state index contributed by atoms with van der Waals surface area (Å²) in [6.07, 6.45) is -2.10. The van der Waals surface area contributed by atoms with Gasteiger partial charge >= 0.3 is 6.18 Å². The fraction of sp³-hybridized carbons (Fsp3) is 1.00. The normalized spacial score (nSPS) is 23.6. The van der Waals surface area contributed by atoms with E-state index in [0.29, 0.717) is 12.5 Å². The van der Waals surface area contributed by atoms with Gasteiger partial charge in [-0.15, -0.1) is 0 Å². The molecule has 0 aromatic heterocycles. The molecule has 0 aliphatic carbocycles. The molecule has 0 aromatic carbocycles. The summed E-state index contributed by atoms with van der Waals surface area (Å²) >= 11 is 0. The zero-order valence-electron chi connectivity index (χ0n) is 9.11. The lowest BCUT2D eigenvalue weighted by molar-refractivity contribution is -0.124. The van der Waals surface area contributed by atoms with Gasteiger partial charge < -0.3 is 10.2 Å². The van der Waals surface area contributed by atoms with Crippen LogP contribution in [0, 0.1) is 5.92 Å². The molecule has 1 fully saturated rings. The molecule has 1 aliphatic heterocycles. The highest BCUT2D eigenvalue weighted by Gasteiger charge is 2.26. The summed E-state index contributed by atoms with van der Waals surface area (Å²) in [6.45, 7) is 4.92. The van der Waals surface area contributed by atoms with Gasteiger partial charge in [0, 0.05) is 6.54 Å². The molecule has 0 aromatic rings. The van der Waals surface area contributed by atoms with Crippen LogP contribution in [0.25, 0.3) is 0 Å². The molecule has 1 unspecified atom stereocenters. The van der Waals surface area contributed by atoms with Crippen molar-refractivity contribution < 1.29 is 13.2 Å². The number of likely N-dealkylation sites (tertiary alicyclic amines) is 1. The van der Waals surface area contributed by atoms with Crippen LogP contribution >= 0.6 is 0 Å². The number of halogens is 3. The van der Waals surface area contributed by atoms with E-state index in [-0.39, 0.29) is 0 Å². The summed E-state index contributed by atoms with van der Waals surface area (Å²) < 4.78 is 35.4. The van der Waals surface area contributed by atoms with Crippen molar-refractivity contribution in [3.05, 3.63) is 0 Å². The van der Waals surface area contributed by atoms with Crippen molar-refractivity contribution in [1.82, 2.24) is 10.2 Å². The zero-order valence-corrected chi connectivity index (χ0v) is 9.11. The van der Waals surface area contributed by atoms with Gasteiger partial charge in [0.15, 0.2) is 0 Å². The van der Waals surface area contributed by atoms with Crippen LogP contribution in [0.15, 0.2) is 0 Å². The Morgan fingerprint density at radius 2 is 2.13 bits per heavy atom. The van der Waals surface area contributed by atoms with Crippen molar-refractivity contribution in [1.29, 1.82) is 0 Å². The maximum atomic E-state index is 11.8. The lowest BCUT2D eigenvalue weighted by Gasteiger charge is -2.13. The third-order valence-corrected chi connectivity index (χ3v) is 2.87. The largest absolute Gasteiger partial charge is 0.401 e. The molecule has 0 radical (unpaired) electrons. The molecule has 0 spiro atoms. The molecule has 90 valence electrons. The summed E-state index contributed by atoms with van der Waals surface area (Å²) in [7, 11) is 0. The molecule has 0 amide bonds. The Kier molecular flexibility index (Phi) is 4.86. The number of rotatable bonds is 5. The van der Waals surface area contributed by atoms with Crippen molar-refractivity contribution >= 4 is 0 Å². The van der Waals surface area contributed by atoms with Gasteiger partial charge in [0.2, 0.25) is 0 Å². The summed E-state index contributed by atoms with van der Waals surface area (Å²) in [5, 5.41) is 2.44. The van der Waals surface area contributed by atoms with Crippen LogP contribution in [-0.2, 0) is 0 Å². The van der Waals surface area contributed by atoms with Crippen LogP contribution in [0.2, 0.25) is 0 Å². The fourth-order valence-electron chi connectivity index (χ4n) is 1.97. The molecule has 1 aliphatic rings. The lowest BCUT2D eigenvalue weighted by atomic mass is 10.1. The Hall–Kier alpha value is -0.290. The quantitative estimate of drug-likeness (QED) is 0.717. The van der Waals surface area contributed by atoms with E-state index in [4.69, 9.17) is 0 Å². The molecular weight excluding hydrogens is 205 g/mol. The second-order valence-electron chi connectivity index (χ2n) is 4.13. The second-order valence-corrected chi connectivity index (χ2v) is 4.13. The monoisotopic (exact) mass is 224 g/mol. The van der Waals surface area contributed by atoms with Gasteiger partial charge in [-0.1, -0.05) is 6.92 Å². The number of hydrogen-bond donors (Lipinski definition) is 1. The van der Waals surface area contributed by atoms with Crippen molar-refractivity contribution in [2.75, 3.05) is 32.7 Å². The SMILES string of the molecule is CCN1CCC(CCNCC(F)(F)F)C1. The van der Waals surface area contributed by atoms with Crippen LogP contribution in [-0.4, -0.2) is 43.8 Å². The highest BCUT2D eigenvalue weighted by molar-refractivity contribution is 4.75. The van der Waals surface area contributed by atoms with Crippen molar-refractivity contribution in [3.8, 4) is 0 Å². The highest BCUT2D eigenvalue weighted by atomic mass is 19.4. The molecular formula is C10H19F3N2. The van der Waals surface area contributed by atoms with E-state index in [9.17, 15) is 13.2 Å². The summed E-state index contributed by atoms with van der Waals surface area (Å²) in [5.74, 6) is 0.575. The van der Waals surface area contributed by atoms with Crippen molar-refractivity contribution in [3.63, 3.8) is 0 Å². The van der Waals surface area contributed by atoms with E-state index in [2.05, 4.69) is 17.1 Å². The third kappa shape index (κ3) is 5.37. The Balaban J connectivity index is 2.02. The first kappa shape index (κ1) is 12.8. The van der Waals surface area contributed by atoms with E-state index >= 15 is 0 Å². The van der Waals surface area contributed by atoms with E-state index < -0.39 is 12.7 Å². The van der Waals surface area contributed by atoms with Gasteiger partial charge in [-0.25, -0.2) is 0 Å². The Morgan fingerprint density at radius 3 is 2.67 bits per heavy atom. The van der Waals surface area contributed by atoms with Gasteiger partial charge in [-0.2, -0.15) is 13.2 Å². The molecule has 1 rings (SSSR count). The van der Waals surface area contributed by atoms with Crippen LogP contribution in [0.1, 0.15) is 19.8 Å². The lowest BCUT2D eigenvalue weighted by Crippen LogP contribution is -2.30. The molecule has 15 heavy (non-hydrogen) atoms. The minimum absolute atomic E-state index is 0.474. The first-order valence-corrected chi connectivity index (χ1v) is 5.51. The van der Waals surface area contributed by atoms with Crippen molar-refractivity contribution in [2.24, 2.45) is 5.92 Å². The van der Waals surface area contributed by atoms with Crippen LogP contribution in [0.3, 0.4) is 0 Å². The summed E-state index contributed by atoms with van der Waals surface area (Å²) in [5.41, 5.74) is 0. The highest BCUT2D eigenvalue weighted by Crippen LogP contribution is 2.18. The van der Waals surface area contributed by atoms with E-state index in [1.54, 1.807) is 0 Å². The van der Waals surface area contributed by atoms with Crippen LogP contribution in [0.4, 0.5) is 13.2 Å². The van der Waals surface area contributed by atoms with E-state index in [1.807, 2.05) is 0 Å². The minimum atomic E-state index is -4.08. The molecule has 1 saturated heterocycles. The zero-order chi connectivity index (χ0) is 11.3. The number of alkyl halides is 3. The Labute approximate surface area is 88.8 Å². The van der Waals surface area contributed by atoms with Crippen LogP contribution < -0.4 is 5.32 Å². The van der Waals surface area contributed by atoms with Crippen molar-refractivity contribution in [2.45, 2.75) is 25.9 Å². The van der Waals surface area contributed by atoms with Gasteiger partial charge in [0.05, 0.1) is 6.54 Å². The van der Waals surface area contributed by atoms with Gasteiger partial charge in [0.1, 0.15) is 0 Å². The molecule has 5 heteroatoms. The third-order valence-electron chi connectivity index (χ3n) is 2.87. The average molecular weight is 224 g/mol. The standard InChI is InChI=1S/C10H19F3N2/c1-2-15-6-4-9(7-15)3-5-14-8-10(11,12)13/h9,14H,2-8H2,1H3. The van der Waals surface area contributed by atoms with Gasteiger partial charge in [-0.05, 0) is 38.4 Å². The summed E-state index contributed by atoms with van der Waals surface area (Å²) in [4.78, 5) is 2.34. The summed E-state index contributed by atoms with van der Waals surface area (Å²) in [6, 6.07) is 0. The number of nitrogens with one attached hydrogen (secondary N) is 1. The molecule has 1 N–H and O–H groups in total. The second kappa shape index (κ2) is 5.70. The fourth-order valence-corrected chi connectivity index (χ4v) is 1.97. The van der Waals surface area contributed by atoms with E-state index in [0.717, 1.165) is 32.5 Å². The Morgan fingerprint density at radius 1 is 1.40 bits per heavy atom. The predicted molar refractivity (Wildman–Crippen MR) is 53.8 cm³/mol. The van der Waals surface area contributed by atoms with Gasteiger partial charge in [0.25, 0.3) is 0 Å². The molecule has 1 heterocycles. The molecule has 2 nitrogen and oxygen atoms in total. The topological polar surface area (TPSA) is 15.3 Å². The first-order chi connectivity index (χ1) is 7.01. The minimum Gasteiger partial charge on any atom is -0.309 e. The average Bonchev–Trinajstić information content (AvgIpc) is 2.59. The predicted octanol–water partition coefficient (Wildman–Crippen LogP) is 1.87. The Bertz CT molecular complexity index is 182. The molecule has 0 saturated carbocycles. The number of hydrogen-bond acceptors (Lipinski definition) is 2. The number of nitrogens with zero attached hydrogens (tertiary/aromatic N) is 1. The smallest absolute Gasteiger partial charge is 0.309 e. The van der Waals surface area contributed by atoms with Crippen LogP contribution in [0.5, 0.6) is 0 Å². The maximum absolute atomic E-state index is 11.8. The maximum Gasteiger partial charge on any atom is 0.401 e. The molecule has 1 atom stereocenters. The van der Waals surface area contributed by atoms with Gasteiger partial charge in [-0.3, -0.25) is 0 Å². The van der Waals surface area contributed by atoms with E-state index in [1.165, 1.54) is 0 Å². The molecule has 0 bridgehead atoms. The first-order valence-electron chi connectivity index (χ1n) is 5.51.